The lowest BCUT2D eigenvalue weighted by molar-refractivity contribution is -0.131. The smallest absolute Gasteiger partial charge is 0.382 e. The Hall–Kier alpha value is -4.24. The molecule has 0 amide bonds. The van der Waals surface area contributed by atoms with E-state index in [-0.39, 0.29) is 0 Å². The predicted molar refractivity (Wildman–Crippen MR) is 123 cm³/mol. The van der Waals surface area contributed by atoms with Crippen molar-refractivity contribution >= 4 is 34.6 Å². The Morgan fingerprint density at radius 1 is 0.688 bits per heavy atom. The number of pyridine rings is 2. The maximum atomic E-state index is 10.6. The molecule has 4 aromatic rings. The summed E-state index contributed by atoms with van der Waals surface area (Å²) in [6.45, 7) is 0. The van der Waals surface area contributed by atoms with Gasteiger partial charge in [-0.05, 0) is 71.5 Å². The molecule has 8 heteroatoms. The van der Waals surface area contributed by atoms with Gasteiger partial charge in [-0.3, -0.25) is 9.97 Å². The summed E-state index contributed by atoms with van der Waals surface area (Å²) in [6.07, 6.45) is 3.40. The van der Waals surface area contributed by atoms with Crippen LogP contribution >= 0.6 is 22.7 Å². The number of hydrogen-bond acceptors (Lipinski definition) is 6. The van der Waals surface area contributed by atoms with Gasteiger partial charge in [-0.25, -0.2) is 9.59 Å². The SMILES string of the molecule is O=C(O)C#Cc1ccc(-c2ccnc(-c3cc(-c4ccc(C#CC(=O)O)s4)ccn3)c2)s1. The van der Waals surface area contributed by atoms with E-state index < -0.39 is 11.9 Å². The van der Waals surface area contributed by atoms with Gasteiger partial charge in [0.05, 0.1) is 21.1 Å². The topological polar surface area (TPSA) is 100 Å². The molecule has 0 fully saturated rings. The standard InChI is InChI=1S/C24H12N2O4S2/c27-23(28)7-3-17-1-5-21(31-17)15-9-11-25-19(13-15)20-14-16(10-12-26-20)22-6-2-18(32-22)4-8-24(29)30/h1-2,5-6,9-14H,(H,27,28)(H,29,30). The Balaban J connectivity index is 1.62. The van der Waals surface area contributed by atoms with Gasteiger partial charge in [-0.15, -0.1) is 22.7 Å². The highest BCUT2D eigenvalue weighted by Crippen LogP contribution is 2.32. The van der Waals surface area contributed by atoms with Gasteiger partial charge in [0.15, 0.2) is 0 Å². The van der Waals surface area contributed by atoms with Crippen LogP contribution in [0.15, 0.2) is 60.9 Å². The van der Waals surface area contributed by atoms with E-state index in [0.717, 1.165) is 20.9 Å². The van der Waals surface area contributed by atoms with Gasteiger partial charge in [-0.2, -0.15) is 0 Å². The highest BCUT2D eigenvalue weighted by Gasteiger charge is 2.09. The van der Waals surface area contributed by atoms with Crippen molar-refractivity contribution < 1.29 is 19.8 Å². The number of aliphatic carboxylic acids is 2. The molecule has 2 N–H and O–H groups in total. The highest BCUT2D eigenvalue weighted by atomic mass is 32.1. The van der Waals surface area contributed by atoms with E-state index in [1.165, 1.54) is 22.7 Å². The molecule has 0 atom stereocenters. The van der Waals surface area contributed by atoms with Crippen LogP contribution in [0.3, 0.4) is 0 Å². The van der Waals surface area contributed by atoms with Gasteiger partial charge in [0.25, 0.3) is 0 Å². The lowest BCUT2D eigenvalue weighted by atomic mass is 10.1. The van der Waals surface area contributed by atoms with Crippen LogP contribution in [0.25, 0.3) is 32.3 Å². The summed E-state index contributed by atoms with van der Waals surface area (Å²) >= 11 is 2.81. The molecule has 4 rings (SSSR count). The van der Waals surface area contributed by atoms with E-state index in [2.05, 4.69) is 33.6 Å². The van der Waals surface area contributed by atoms with Crippen molar-refractivity contribution in [2.45, 2.75) is 0 Å². The molecule has 4 heterocycles. The molecule has 0 spiro atoms. The number of aromatic nitrogens is 2. The number of carboxylic acid groups (broad SMARTS) is 2. The summed E-state index contributed by atoms with van der Waals surface area (Å²) in [4.78, 5) is 33.4. The quantitative estimate of drug-likeness (QED) is 0.441. The number of nitrogens with zero attached hydrogens (tertiary/aromatic N) is 2. The number of hydrogen-bond donors (Lipinski definition) is 2. The molecule has 0 aliphatic rings. The molecule has 32 heavy (non-hydrogen) atoms. The van der Waals surface area contributed by atoms with Gasteiger partial charge in [0.1, 0.15) is 0 Å². The van der Waals surface area contributed by atoms with Crippen molar-refractivity contribution in [2.75, 3.05) is 0 Å². The van der Waals surface area contributed by atoms with Crippen molar-refractivity contribution in [1.82, 2.24) is 9.97 Å². The second-order valence-electron chi connectivity index (χ2n) is 6.30. The average Bonchev–Trinajstić information content (AvgIpc) is 3.46. The molecule has 0 aromatic carbocycles. The summed E-state index contributed by atoms with van der Waals surface area (Å²) < 4.78 is 0. The van der Waals surface area contributed by atoms with Gasteiger partial charge in [0.2, 0.25) is 0 Å². The molecule has 0 bridgehead atoms. The lowest BCUT2D eigenvalue weighted by Crippen LogP contribution is -1.88. The molecule has 154 valence electrons. The molecule has 4 aromatic heterocycles. The first-order valence-electron chi connectivity index (χ1n) is 9.11. The minimum Gasteiger partial charge on any atom is -0.472 e. The van der Waals surface area contributed by atoms with Crippen LogP contribution in [0, 0.1) is 23.7 Å². The normalized spacial score (nSPS) is 9.88. The van der Waals surface area contributed by atoms with Crippen LogP contribution in [-0.4, -0.2) is 32.1 Å². The van der Waals surface area contributed by atoms with Gasteiger partial charge in [0, 0.05) is 34.0 Å². The molecule has 0 aliphatic carbocycles. The summed E-state index contributed by atoms with van der Waals surface area (Å²) in [5.74, 6) is 7.16. The fourth-order valence-corrected chi connectivity index (χ4v) is 4.51. The Morgan fingerprint density at radius 3 is 1.53 bits per heavy atom. The second kappa shape index (κ2) is 9.27. The Morgan fingerprint density at radius 2 is 1.12 bits per heavy atom. The second-order valence-corrected chi connectivity index (χ2v) is 8.47. The van der Waals surface area contributed by atoms with E-state index in [1.807, 2.05) is 36.4 Å². The molecule has 0 saturated heterocycles. The summed E-state index contributed by atoms with van der Waals surface area (Å²) in [7, 11) is 0. The minimum atomic E-state index is -1.16. The monoisotopic (exact) mass is 456 g/mol. The molecule has 0 saturated carbocycles. The highest BCUT2D eigenvalue weighted by molar-refractivity contribution is 7.16. The first kappa shape index (κ1) is 21.0. The largest absolute Gasteiger partial charge is 0.472 e. The first-order valence-corrected chi connectivity index (χ1v) is 10.7. The molecular formula is C24H12N2O4S2. The molecule has 0 aliphatic heterocycles. The van der Waals surface area contributed by atoms with Crippen LogP contribution in [0.1, 0.15) is 9.75 Å². The van der Waals surface area contributed by atoms with E-state index in [1.54, 1.807) is 24.5 Å². The van der Waals surface area contributed by atoms with E-state index in [0.29, 0.717) is 21.1 Å². The van der Waals surface area contributed by atoms with Gasteiger partial charge >= 0.3 is 11.9 Å². The Labute approximate surface area is 190 Å². The van der Waals surface area contributed by atoms with Crippen LogP contribution in [0.4, 0.5) is 0 Å². The van der Waals surface area contributed by atoms with E-state index in [9.17, 15) is 9.59 Å². The fraction of sp³-hybridized carbons (Fsp3) is 0. The number of thiophene rings is 2. The zero-order valence-corrected chi connectivity index (χ0v) is 17.8. The summed E-state index contributed by atoms with van der Waals surface area (Å²) in [5, 5.41) is 17.4. The molecule has 6 nitrogen and oxygen atoms in total. The molecule has 0 unspecified atom stereocenters. The van der Waals surface area contributed by atoms with Crippen molar-refractivity contribution in [2.24, 2.45) is 0 Å². The van der Waals surface area contributed by atoms with Crippen LogP contribution in [0.2, 0.25) is 0 Å². The third kappa shape index (κ3) is 5.08. The number of carbonyl (C=O) groups is 2. The maximum absolute atomic E-state index is 10.6. The molecular weight excluding hydrogens is 444 g/mol. The van der Waals surface area contributed by atoms with Crippen molar-refractivity contribution in [3.05, 3.63) is 70.7 Å². The zero-order valence-electron chi connectivity index (χ0n) is 16.2. The number of carboxylic acids is 2. The van der Waals surface area contributed by atoms with E-state index >= 15 is 0 Å². The maximum Gasteiger partial charge on any atom is 0.382 e. The third-order valence-electron chi connectivity index (χ3n) is 4.15. The lowest BCUT2D eigenvalue weighted by Gasteiger charge is -2.05. The fourth-order valence-electron chi connectivity index (χ4n) is 2.80. The van der Waals surface area contributed by atoms with Crippen molar-refractivity contribution in [3.63, 3.8) is 0 Å². The summed E-state index contributed by atoms with van der Waals surface area (Å²) in [6, 6.07) is 15.0. The average molecular weight is 457 g/mol. The van der Waals surface area contributed by atoms with Crippen molar-refractivity contribution in [3.8, 4) is 56.0 Å². The summed E-state index contributed by atoms with van der Waals surface area (Å²) in [5.41, 5.74) is 3.24. The zero-order chi connectivity index (χ0) is 22.5. The van der Waals surface area contributed by atoms with Gasteiger partial charge in [-0.1, -0.05) is 0 Å². The minimum absolute atomic E-state index is 0.667. The van der Waals surface area contributed by atoms with Crippen LogP contribution < -0.4 is 0 Å². The van der Waals surface area contributed by atoms with E-state index in [4.69, 9.17) is 10.2 Å². The van der Waals surface area contributed by atoms with Gasteiger partial charge < -0.3 is 10.2 Å². The predicted octanol–water partition coefficient (Wildman–Crippen LogP) is 4.47. The molecule has 0 radical (unpaired) electrons. The number of rotatable bonds is 3. The first-order chi connectivity index (χ1) is 15.5. The Kier molecular flexibility index (Phi) is 6.09. The van der Waals surface area contributed by atoms with Crippen LogP contribution in [0.5, 0.6) is 0 Å². The Bertz CT molecular complexity index is 1350. The van der Waals surface area contributed by atoms with Crippen LogP contribution in [-0.2, 0) is 9.59 Å². The third-order valence-corrected chi connectivity index (χ3v) is 6.25. The van der Waals surface area contributed by atoms with Crippen molar-refractivity contribution in [1.29, 1.82) is 0 Å².